The minimum absolute atomic E-state index is 0.130. The van der Waals surface area contributed by atoms with E-state index in [4.69, 9.17) is 20.8 Å². The molecule has 0 unspecified atom stereocenters. The number of aromatic hydroxyl groups is 1. The maximum Gasteiger partial charge on any atom is 0.305 e. The second-order valence-electron chi connectivity index (χ2n) is 6.23. The van der Waals surface area contributed by atoms with Crippen molar-refractivity contribution in [2.75, 3.05) is 6.61 Å². The molecule has 27 heavy (non-hydrogen) atoms. The summed E-state index contributed by atoms with van der Waals surface area (Å²) in [5.41, 5.74) is 1.88. The zero-order valence-corrected chi connectivity index (χ0v) is 15.9. The first-order valence-electron chi connectivity index (χ1n) is 9.01. The number of hydrogen-bond donors (Lipinski definition) is 1. The van der Waals surface area contributed by atoms with Gasteiger partial charge in [-0.05, 0) is 31.9 Å². The summed E-state index contributed by atoms with van der Waals surface area (Å²) in [6, 6.07) is 6.66. The van der Waals surface area contributed by atoms with E-state index in [-0.39, 0.29) is 11.7 Å². The quantitative estimate of drug-likeness (QED) is 0.354. The molecule has 0 fully saturated rings. The third kappa shape index (κ3) is 4.98. The number of oxazole rings is 1. The molecule has 0 saturated heterocycles. The highest BCUT2D eigenvalue weighted by atomic mass is 35.5. The number of carbonyl (C=O) groups excluding carboxylic acids is 1. The van der Waals surface area contributed by atoms with Crippen molar-refractivity contribution in [3.8, 4) is 17.2 Å². The highest BCUT2D eigenvalue weighted by Crippen LogP contribution is 2.30. The van der Waals surface area contributed by atoms with Crippen molar-refractivity contribution >= 4 is 28.7 Å². The lowest BCUT2D eigenvalue weighted by atomic mass is 10.2. The summed E-state index contributed by atoms with van der Waals surface area (Å²) < 4.78 is 12.6. The molecule has 2 aromatic heterocycles. The van der Waals surface area contributed by atoms with Gasteiger partial charge in [-0.3, -0.25) is 4.79 Å². The van der Waals surface area contributed by atoms with Gasteiger partial charge in [0.15, 0.2) is 18.0 Å². The average Bonchev–Trinajstić information content (AvgIpc) is 3.04. The third-order valence-corrected chi connectivity index (χ3v) is 4.48. The molecule has 0 bridgehead atoms. The molecule has 3 aromatic rings. The highest BCUT2D eigenvalue weighted by Gasteiger charge is 2.15. The van der Waals surface area contributed by atoms with Crippen molar-refractivity contribution in [2.24, 2.45) is 0 Å². The topological polar surface area (TPSA) is 76.4 Å². The molecule has 6 nitrogen and oxygen atoms in total. The number of rotatable bonds is 8. The van der Waals surface area contributed by atoms with Crippen molar-refractivity contribution in [3.63, 3.8) is 0 Å². The van der Waals surface area contributed by atoms with E-state index in [0.29, 0.717) is 40.6 Å². The number of pyridine rings is 1. The first-order valence-corrected chi connectivity index (χ1v) is 9.38. The zero-order valence-electron chi connectivity index (χ0n) is 15.2. The van der Waals surface area contributed by atoms with Gasteiger partial charge in [-0.1, -0.05) is 11.6 Å². The fourth-order valence-electron chi connectivity index (χ4n) is 2.82. The van der Waals surface area contributed by atoms with Crippen LogP contribution in [0.5, 0.6) is 5.75 Å². The standard InChI is InChI=1S/C20H21ClN2O4/c1-2-26-19(25)6-4-3-5-10-23-11-9-15(16(21)13-23)20-22-17-8-7-14(24)12-18(17)27-20/h7-9,11-13H,2-6,10H2,1H3/p+1. The molecule has 0 aliphatic carbocycles. The number of unbranched alkanes of at least 4 members (excludes halogenated alkanes) is 2. The van der Waals surface area contributed by atoms with E-state index in [9.17, 15) is 9.90 Å². The van der Waals surface area contributed by atoms with E-state index in [0.717, 1.165) is 25.8 Å². The van der Waals surface area contributed by atoms with Gasteiger partial charge in [0, 0.05) is 25.0 Å². The van der Waals surface area contributed by atoms with Crippen LogP contribution in [-0.2, 0) is 16.1 Å². The Balaban J connectivity index is 1.59. The number of hydrogen-bond acceptors (Lipinski definition) is 5. The molecule has 0 radical (unpaired) electrons. The van der Waals surface area contributed by atoms with Crippen molar-refractivity contribution in [1.82, 2.24) is 4.98 Å². The van der Waals surface area contributed by atoms with Crippen LogP contribution in [0.1, 0.15) is 32.6 Å². The summed E-state index contributed by atoms with van der Waals surface area (Å²) in [6.07, 6.45) is 6.95. The van der Waals surface area contributed by atoms with Gasteiger partial charge < -0.3 is 14.3 Å². The summed E-state index contributed by atoms with van der Waals surface area (Å²) in [4.78, 5) is 15.7. The Labute approximate surface area is 162 Å². The molecule has 1 N–H and O–H groups in total. The molecule has 142 valence electrons. The molecule has 0 saturated carbocycles. The summed E-state index contributed by atoms with van der Waals surface area (Å²) in [5.74, 6) is 0.413. The number of aromatic nitrogens is 2. The number of esters is 1. The van der Waals surface area contributed by atoms with Crippen LogP contribution >= 0.6 is 11.6 Å². The molecule has 7 heteroatoms. The number of halogens is 1. The zero-order chi connectivity index (χ0) is 19.2. The Kier molecular flexibility index (Phi) is 6.29. The molecule has 0 aliphatic heterocycles. The van der Waals surface area contributed by atoms with Gasteiger partial charge in [0.2, 0.25) is 5.89 Å². The van der Waals surface area contributed by atoms with Crippen LogP contribution in [-0.4, -0.2) is 22.7 Å². The van der Waals surface area contributed by atoms with Gasteiger partial charge in [-0.2, -0.15) is 0 Å². The van der Waals surface area contributed by atoms with Crippen molar-refractivity contribution in [2.45, 2.75) is 39.2 Å². The van der Waals surface area contributed by atoms with E-state index in [1.54, 1.807) is 12.1 Å². The number of nitrogens with zero attached hydrogens (tertiary/aromatic N) is 2. The van der Waals surface area contributed by atoms with Gasteiger partial charge in [-0.15, -0.1) is 0 Å². The van der Waals surface area contributed by atoms with Crippen LogP contribution in [0.15, 0.2) is 41.1 Å². The number of phenols is 1. The Morgan fingerprint density at radius 3 is 2.93 bits per heavy atom. The fraction of sp³-hybridized carbons (Fsp3) is 0.350. The SMILES string of the molecule is CCOC(=O)CCCCC[n+]1ccc(-c2nc3ccc(O)cc3o2)c(Cl)c1. The van der Waals surface area contributed by atoms with E-state index in [1.807, 2.05) is 30.0 Å². The summed E-state index contributed by atoms with van der Waals surface area (Å²) in [6.45, 7) is 3.05. The number of ether oxygens (including phenoxy) is 1. The molecule has 1 aromatic carbocycles. The molecule has 0 atom stereocenters. The number of phenolic OH excluding ortho intramolecular Hbond substituents is 1. The van der Waals surface area contributed by atoms with Crippen LogP contribution in [0.25, 0.3) is 22.6 Å². The monoisotopic (exact) mass is 389 g/mol. The first kappa shape index (κ1) is 19.2. The van der Waals surface area contributed by atoms with Crippen molar-refractivity contribution in [1.29, 1.82) is 0 Å². The van der Waals surface area contributed by atoms with Gasteiger partial charge >= 0.3 is 5.97 Å². The number of fused-ring (bicyclic) bond motifs is 1. The lowest BCUT2D eigenvalue weighted by Crippen LogP contribution is -2.32. The highest BCUT2D eigenvalue weighted by molar-refractivity contribution is 6.32. The largest absolute Gasteiger partial charge is 0.508 e. The number of carbonyl (C=O) groups is 1. The van der Waals surface area contributed by atoms with Gasteiger partial charge in [0.1, 0.15) is 22.8 Å². The minimum atomic E-state index is -0.135. The van der Waals surface area contributed by atoms with Gasteiger partial charge in [-0.25, -0.2) is 9.55 Å². The molecule has 2 heterocycles. The summed E-state index contributed by atoms with van der Waals surface area (Å²) in [7, 11) is 0. The minimum Gasteiger partial charge on any atom is -0.508 e. The molecule has 0 amide bonds. The molecular weight excluding hydrogens is 368 g/mol. The predicted molar refractivity (Wildman–Crippen MR) is 101 cm³/mol. The van der Waals surface area contributed by atoms with Gasteiger partial charge in [0.05, 0.1) is 12.2 Å². The Morgan fingerprint density at radius 2 is 2.15 bits per heavy atom. The summed E-state index contributed by atoms with van der Waals surface area (Å²) in [5, 5.41) is 10.1. The molecule has 0 spiro atoms. The summed E-state index contributed by atoms with van der Waals surface area (Å²) >= 11 is 6.41. The van der Waals surface area contributed by atoms with Crippen LogP contribution in [0.2, 0.25) is 5.02 Å². The van der Waals surface area contributed by atoms with E-state index >= 15 is 0 Å². The maximum atomic E-state index is 11.3. The lowest BCUT2D eigenvalue weighted by molar-refractivity contribution is -0.697. The fourth-order valence-corrected chi connectivity index (χ4v) is 3.09. The lowest BCUT2D eigenvalue weighted by Gasteiger charge is -2.02. The third-order valence-electron chi connectivity index (χ3n) is 4.17. The van der Waals surface area contributed by atoms with Crippen LogP contribution < -0.4 is 4.57 Å². The predicted octanol–water partition coefficient (Wildman–Crippen LogP) is 4.26. The molecular formula is C20H22ClN2O4+. The number of benzene rings is 1. The Bertz CT molecular complexity index is 939. The first-order chi connectivity index (χ1) is 13.1. The van der Waals surface area contributed by atoms with E-state index in [2.05, 4.69) is 4.98 Å². The second kappa shape index (κ2) is 8.86. The smallest absolute Gasteiger partial charge is 0.305 e. The molecule has 3 rings (SSSR count). The Hall–Kier alpha value is -2.60. The molecule has 0 aliphatic rings. The maximum absolute atomic E-state index is 11.3. The number of aryl methyl sites for hydroxylation is 1. The van der Waals surface area contributed by atoms with E-state index < -0.39 is 0 Å². The van der Waals surface area contributed by atoms with Crippen LogP contribution in [0.4, 0.5) is 0 Å². The average molecular weight is 390 g/mol. The van der Waals surface area contributed by atoms with Crippen LogP contribution in [0, 0.1) is 0 Å². The Morgan fingerprint density at radius 1 is 1.30 bits per heavy atom. The second-order valence-corrected chi connectivity index (χ2v) is 6.64. The van der Waals surface area contributed by atoms with Crippen molar-refractivity contribution in [3.05, 3.63) is 41.7 Å². The van der Waals surface area contributed by atoms with Crippen molar-refractivity contribution < 1.29 is 23.6 Å². The van der Waals surface area contributed by atoms with Crippen LogP contribution in [0.3, 0.4) is 0 Å². The van der Waals surface area contributed by atoms with E-state index in [1.165, 1.54) is 6.07 Å². The van der Waals surface area contributed by atoms with Gasteiger partial charge in [0.25, 0.3) is 0 Å². The normalized spacial score (nSPS) is 11.0.